The maximum atomic E-state index is 13.2. The van der Waals surface area contributed by atoms with Crippen molar-refractivity contribution in [2.24, 2.45) is 7.05 Å². The lowest BCUT2D eigenvalue weighted by Crippen LogP contribution is -2.46. The summed E-state index contributed by atoms with van der Waals surface area (Å²) < 4.78 is 1.63. The molecule has 27 heavy (non-hydrogen) atoms. The van der Waals surface area contributed by atoms with Crippen molar-refractivity contribution >= 4 is 5.91 Å². The lowest BCUT2D eigenvalue weighted by Gasteiger charge is -2.36. The quantitative estimate of drug-likeness (QED) is 0.815. The number of piperidine rings is 1. The molecule has 0 radical (unpaired) electrons. The summed E-state index contributed by atoms with van der Waals surface area (Å²) >= 11 is 0. The number of aryl methyl sites for hydroxylation is 2. The minimum absolute atomic E-state index is 0.118. The van der Waals surface area contributed by atoms with Crippen LogP contribution in [-0.2, 0) is 19.9 Å². The molecule has 0 aliphatic carbocycles. The summed E-state index contributed by atoms with van der Waals surface area (Å²) in [4.78, 5) is 32.3. The van der Waals surface area contributed by atoms with Crippen LogP contribution in [0.5, 0.6) is 0 Å². The Balaban J connectivity index is 1.82. The van der Waals surface area contributed by atoms with E-state index in [-0.39, 0.29) is 17.5 Å². The zero-order valence-corrected chi connectivity index (χ0v) is 16.6. The molecule has 3 rings (SSSR count). The molecule has 0 aromatic carbocycles. The van der Waals surface area contributed by atoms with E-state index in [1.807, 2.05) is 36.9 Å². The first-order valence-corrected chi connectivity index (χ1v) is 9.93. The number of nitrogens with zero attached hydrogens (tertiary/aromatic N) is 3. The first-order chi connectivity index (χ1) is 13.0. The third kappa shape index (κ3) is 4.12. The first kappa shape index (κ1) is 19.3. The van der Waals surface area contributed by atoms with Gasteiger partial charge in [0.25, 0.3) is 11.5 Å². The van der Waals surface area contributed by atoms with Crippen molar-refractivity contribution in [1.29, 1.82) is 0 Å². The summed E-state index contributed by atoms with van der Waals surface area (Å²) in [5.41, 5.74) is 3.16. The van der Waals surface area contributed by atoms with Crippen LogP contribution in [0.15, 0.2) is 35.3 Å². The van der Waals surface area contributed by atoms with Gasteiger partial charge in [-0.05, 0) is 69.2 Å². The number of hydrogen-bond acceptors (Lipinski definition) is 3. The Bertz CT molecular complexity index is 858. The second-order valence-corrected chi connectivity index (χ2v) is 7.41. The number of carbonyl (C=O) groups is 1. The van der Waals surface area contributed by atoms with Crippen molar-refractivity contribution in [3.05, 3.63) is 63.3 Å². The Kier molecular flexibility index (Phi) is 6.09. The van der Waals surface area contributed by atoms with Gasteiger partial charge in [-0.2, -0.15) is 0 Å². The Labute approximate surface area is 161 Å². The molecule has 5 heteroatoms. The molecule has 1 aliphatic heterocycles. The van der Waals surface area contributed by atoms with E-state index in [0.29, 0.717) is 5.56 Å². The number of hydrogen-bond donors (Lipinski definition) is 0. The second kappa shape index (κ2) is 8.51. The molecule has 1 aliphatic rings. The number of rotatable bonds is 5. The normalized spacial score (nSPS) is 17.1. The standard InChI is InChI=1S/C22H29N3O2/c1-4-20-16(2)15-19(21(26)24(20)3)22(27)25-14-8-6-10-18(25)12-11-17-9-5-7-13-23-17/h5,7,9,13,15,18H,4,6,8,10-12,14H2,1-3H3/t18-/m0/s1. The molecule has 1 amide bonds. The first-order valence-electron chi connectivity index (χ1n) is 9.93. The molecule has 0 saturated carbocycles. The van der Waals surface area contributed by atoms with Crippen LogP contribution in [-0.4, -0.2) is 32.9 Å². The highest BCUT2D eigenvalue weighted by atomic mass is 16.2. The molecule has 0 spiro atoms. The molecular formula is C22H29N3O2. The van der Waals surface area contributed by atoms with Crippen LogP contribution in [0.25, 0.3) is 0 Å². The third-order valence-corrected chi connectivity index (χ3v) is 5.67. The van der Waals surface area contributed by atoms with E-state index in [4.69, 9.17) is 0 Å². The number of aromatic nitrogens is 2. The van der Waals surface area contributed by atoms with E-state index in [9.17, 15) is 9.59 Å². The van der Waals surface area contributed by atoms with Crippen LogP contribution in [0.1, 0.15) is 59.9 Å². The molecule has 5 nitrogen and oxygen atoms in total. The summed E-state index contributed by atoms with van der Waals surface area (Å²) in [6, 6.07) is 7.89. The maximum Gasteiger partial charge on any atom is 0.263 e. The average molecular weight is 367 g/mol. The van der Waals surface area contributed by atoms with Crippen LogP contribution in [0.2, 0.25) is 0 Å². The Morgan fingerprint density at radius 3 is 2.81 bits per heavy atom. The van der Waals surface area contributed by atoms with Gasteiger partial charge in [0.1, 0.15) is 5.56 Å². The summed E-state index contributed by atoms with van der Waals surface area (Å²) in [5, 5.41) is 0. The SMILES string of the molecule is CCc1c(C)cc(C(=O)N2CCCC[C@H]2CCc2ccccn2)c(=O)n1C. The van der Waals surface area contributed by atoms with Gasteiger partial charge in [-0.1, -0.05) is 13.0 Å². The van der Waals surface area contributed by atoms with E-state index in [1.54, 1.807) is 23.9 Å². The molecule has 1 fully saturated rings. The van der Waals surface area contributed by atoms with Gasteiger partial charge in [0.2, 0.25) is 0 Å². The molecular weight excluding hydrogens is 338 g/mol. The van der Waals surface area contributed by atoms with Crippen LogP contribution >= 0.6 is 0 Å². The van der Waals surface area contributed by atoms with E-state index < -0.39 is 0 Å². The highest BCUT2D eigenvalue weighted by Crippen LogP contribution is 2.23. The molecule has 0 unspecified atom stereocenters. The Hall–Kier alpha value is -2.43. The molecule has 3 heterocycles. The minimum atomic E-state index is -0.184. The van der Waals surface area contributed by atoms with Gasteiger partial charge in [0, 0.05) is 37.2 Å². The van der Waals surface area contributed by atoms with Crippen molar-refractivity contribution in [2.75, 3.05) is 6.54 Å². The number of carbonyl (C=O) groups excluding carboxylic acids is 1. The highest BCUT2D eigenvalue weighted by molar-refractivity contribution is 5.94. The van der Waals surface area contributed by atoms with E-state index in [1.165, 1.54) is 0 Å². The predicted molar refractivity (Wildman–Crippen MR) is 107 cm³/mol. The van der Waals surface area contributed by atoms with Crippen LogP contribution < -0.4 is 5.56 Å². The fourth-order valence-electron chi connectivity index (χ4n) is 4.18. The van der Waals surface area contributed by atoms with Gasteiger partial charge >= 0.3 is 0 Å². The molecule has 1 saturated heterocycles. The molecule has 1 atom stereocenters. The highest BCUT2D eigenvalue weighted by Gasteiger charge is 2.29. The largest absolute Gasteiger partial charge is 0.335 e. The maximum absolute atomic E-state index is 13.2. The summed E-state index contributed by atoms with van der Waals surface area (Å²) in [5.74, 6) is -0.118. The number of likely N-dealkylation sites (tertiary alicyclic amines) is 1. The van der Waals surface area contributed by atoms with Crippen LogP contribution in [0.4, 0.5) is 0 Å². The smallest absolute Gasteiger partial charge is 0.263 e. The summed E-state index contributed by atoms with van der Waals surface area (Å²) in [7, 11) is 1.76. The van der Waals surface area contributed by atoms with E-state index in [0.717, 1.165) is 62.0 Å². The lowest BCUT2D eigenvalue weighted by molar-refractivity contribution is 0.0599. The van der Waals surface area contributed by atoms with Gasteiger partial charge in [-0.25, -0.2) is 0 Å². The van der Waals surface area contributed by atoms with Gasteiger partial charge in [-0.3, -0.25) is 14.6 Å². The van der Waals surface area contributed by atoms with Gasteiger partial charge < -0.3 is 9.47 Å². The van der Waals surface area contributed by atoms with Crippen molar-refractivity contribution in [3.8, 4) is 0 Å². The predicted octanol–water partition coefficient (Wildman–Crippen LogP) is 3.28. The van der Waals surface area contributed by atoms with Crippen molar-refractivity contribution in [1.82, 2.24) is 14.5 Å². The van der Waals surface area contributed by atoms with Gasteiger partial charge in [0.15, 0.2) is 0 Å². The molecule has 2 aromatic heterocycles. The Morgan fingerprint density at radius 1 is 1.30 bits per heavy atom. The van der Waals surface area contributed by atoms with E-state index in [2.05, 4.69) is 4.98 Å². The zero-order valence-electron chi connectivity index (χ0n) is 16.6. The number of pyridine rings is 2. The average Bonchev–Trinajstić information content (AvgIpc) is 2.70. The van der Waals surface area contributed by atoms with Crippen molar-refractivity contribution < 1.29 is 4.79 Å². The van der Waals surface area contributed by atoms with Crippen LogP contribution in [0, 0.1) is 6.92 Å². The molecule has 2 aromatic rings. The number of amides is 1. The van der Waals surface area contributed by atoms with Crippen molar-refractivity contribution in [2.45, 2.75) is 58.4 Å². The lowest BCUT2D eigenvalue weighted by atomic mass is 9.96. The second-order valence-electron chi connectivity index (χ2n) is 7.41. The molecule has 0 bridgehead atoms. The van der Waals surface area contributed by atoms with E-state index >= 15 is 0 Å². The topological polar surface area (TPSA) is 55.2 Å². The van der Waals surface area contributed by atoms with Crippen LogP contribution in [0.3, 0.4) is 0 Å². The monoisotopic (exact) mass is 367 g/mol. The fraction of sp³-hybridized carbons (Fsp3) is 0.500. The minimum Gasteiger partial charge on any atom is -0.335 e. The Morgan fingerprint density at radius 2 is 2.11 bits per heavy atom. The van der Waals surface area contributed by atoms with Gasteiger partial charge in [0.05, 0.1) is 0 Å². The summed E-state index contributed by atoms with van der Waals surface area (Å²) in [6.07, 6.45) is 7.44. The molecule has 0 N–H and O–H groups in total. The van der Waals surface area contributed by atoms with Gasteiger partial charge in [-0.15, -0.1) is 0 Å². The summed E-state index contributed by atoms with van der Waals surface area (Å²) in [6.45, 7) is 4.73. The molecule has 144 valence electrons. The zero-order chi connectivity index (χ0) is 19.4. The fourth-order valence-corrected chi connectivity index (χ4v) is 4.18. The van der Waals surface area contributed by atoms with Crippen molar-refractivity contribution in [3.63, 3.8) is 0 Å². The third-order valence-electron chi connectivity index (χ3n) is 5.67.